The van der Waals surface area contributed by atoms with Crippen LogP contribution in [-0.4, -0.2) is 72.6 Å². The van der Waals surface area contributed by atoms with Crippen LogP contribution in [0.4, 0.5) is 13.2 Å². The van der Waals surface area contributed by atoms with E-state index in [4.69, 9.17) is 13.0 Å². The van der Waals surface area contributed by atoms with E-state index in [0.717, 1.165) is 9.71 Å². The fourth-order valence-electron chi connectivity index (χ4n) is 3.95. The van der Waals surface area contributed by atoms with Gasteiger partial charge in [-0.1, -0.05) is 11.3 Å². The highest BCUT2D eigenvalue weighted by Crippen LogP contribution is 2.47. The number of aliphatic hydroxyl groups excluding tert-OH is 1. The van der Waals surface area contributed by atoms with E-state index in [0.29, 0.717) is 17.0 Å². The molecule has 4 rings (SSSR count). The Morgan fingerprint density at radius 1 is 1.41 bits per heavy atom. The van der Waals surface area contributed by atoms with Crippen LogP contribution in [0.2, 0.25) is 0 Å². The van der Waals surface area contributed by atoms with Crippen LogP contribution in [0.25, 0.3) is 10.4 Å². The number of carboxylic acid groups (broad SMARTS) is 1. The quantitative estimate of drug-likeness (QED) is 0.235. The monoisotopic (exact) mass is 545 g/mol. The molecule has 1 fully saturated rings. The Bertz CT molecular complexity index is 1340. The number of rotatable bonds is 4. The summed E-state index contributed by atoms with van der Waals surface area (Å²) in [7, 11) is -5.47. The van der Waals surface area contributed by atoms with Gasteiger partial charge in [-0.05, 0) is 13.3 Å². The lowest BCUT2D eigenvalue weighted by Gasteiger charge is -2.44. The van der Waals surface area contributed by atoms with Gasteiger partial charge in [0.05, 0.1) is 40.8 Å². The maximum atomic E-state index is 12.3. The van der Waals surface area contributed by atoms with Crippen molar-refractivity contribution in [1.82, 2.24) is 9.47 Å². The predicted octanol–water partition coefficient (Wildman–Crippen LogP) is 0.0213. The number of fused-ring (bicyclic) bond motifs is 2. The lowest BCUT2D eigenvalue weighted by molar-refractivity contribution is -0.508. The molecule has 2 aromatic heterocycles. The minimum absolute atomic E-state index is 0.00931. The van der Waals surface area contributed by atoms with Gasteiger partial charge >= 0.3 is 11.5 Å². The average molecular weight is 546 g/mol. The molecule has 0 radical (unpaired) electrons. The highest BCUT2D eigenvalue weighted by molar-refractivity contribution is 7.86. The smallest absolute Gasteiger partial charge is 0.485 e. The molecule has 2 N–H and O–H groups in total. The molecule has 4 atom stereocenters. The van der Waals surface area contributed by atoms with Crippen LogP contribution >= 0.6 is 11.3 Å². The van der Waals surface area contributed by atoms with Gasteiger partial charge in [0.2, 0.25) is 22.1 Å². The molecule has 1 unspecified atom stereocenters. The number of aliphatic hydroxyl groups is 1. The molecule has 0 bridgehead atoms. The van der Waals surface area contributed by atoms with Gasteiger partial charge in [0, 0.05) is 11.8 Å². The maximum absolute atomic E-state index is 12.3. The standard InChI is InChI=1S/C16H17N3O5S2.CHF3O3S/c1-7(20)11-9-4-8(12(16(22)23)19(9)13(11)21)10-5-18-6-17(2)15(26(3)24)14(18)25-10;2-1(3,4)8(5,6)7/h5-7,9,11,20H,4H2,1-3H3;(H,5,6,7)/t7-,9-,11-,26?;/m1./s1. The topological polar surface area (TPSA) is 161 Å². The highest BCUT2D eigenvalue weighted by atomic mass is 32.2. The summed E-state index contributed by atoms with van der Waals surface area (Å²) in [5.41, 5.74) is -5.07. The molecule has 0 aromatic carbocycles. The Balaban J connectivity index is 0.000000350. The van der Waals surface area contributed by atoms with E-state index in [1.807, 2.05) is 17.6 Å². The van der Waals surface area contributed by atoms with Crippen molar-refractivity contribution in [3.63, 3.8) is 0 Å². The number of hydrogen-bond donors (Lipinski definition) is 2. The number of carbonyl (C=O) groups excluding carboxylic acids is 1. The summed E-state index contributed by atoms with van der Waals surface area (Å²) >= 11 is 1.36. The Labute approximate surface area is 196 Å². The summed E-state index contributed by atoms with van der Waals surface area (Å²) in [6.07, 6.45) is 4.78. The highest BCUT2D eigenvalue weighted by Gasteiger charge is 2.57. The minimum Gasteiger partial charge on any atom is -0.741 e. The lowest BCUT2D eigenvalue weighted by atomic mass is 9.83. The second kappa shape index (κ2) is 8.71. The Morgan fingerprint density at radius 2 is 1.97 bits per heavy atom. The first-order valence-corrected chi connectivity index (χ1v) is 13.1. The Morgan fingerprint density at radius 3 is 2.41 bits per heavy atom. The molecule has 1 amide bonds. The van der Waals surface area contributed by atoms with E-state index < -0.39 is 44.4 Å². The number of aryl methyl sites for hydroxylation is 1. The SMILES string of the molecule is C[C@@H](O)[C@H]1C(=O)N2C(C(=O)O)=C(c3c[n+]4cn(C)c(S(C)=O)c4s3)C[C@H]12.O=S(=O)([O-])C(F)(F)F. The number of aromatic nitrogens is 2. The molecular weight excluding hydrogens is 527 g/mol. The number of aliphatic carboxylic acids is 1. The molecule has 17 heteroatoms. The minimum atomic E-state index is -6.09. The fourth-order valence-corrected chi connectivity index (χ4v) is 6.35. The summed E-state index contributed by atoms with van der Waals surface area (Å²) in [6, 6.07) is -0.319. The number of β-lactam (4-membered cyclic amide) rings is 1. The maximum Gasteiger partial charge on any atom is 0.485 e. The fraction of sp³-hybridized carbons (Fsp3) is 0.471. The van der Waals surface area contributed by atoms with E-state index >= 15 is 0 Å². The summed E-state index contributed by atoms with van der Waals surface area (Å²) in [5, 5.41) is 20.1. The van der Waals surface area contributed by atoms with Gasteiger partial charge in [-0.3, -0.25) is 9.00 Å². The van der Waals surface area contributed by atoms with Crippen molar-refractivity contribution in [2.24, 2.45) is 13.0 Å². The molecule has 2 aromatic rings. The zero-order valence-corrected chi connectivity index (χ0v) is 20.1. The summed E-state index contributed by atoms with van der Waals surface area (Å²) < 4.78 is 74.5. The first kappa shape index (κ1) is 26.3. The molecular formula is C17H18F3N3O8S3. The molecule has 1 saturated heterocycles. The Kier molecular flexibility index (Phi) is 6.73. The number of carboxylic acids is 1. The summed E-state index contributed by atoms with van der Waals surface area (Å²) in [5.74, 6) is -2.06. The largest absolute Gasteiger partial charge is 0.741 e. The number of hydrogen-bond acceptors (Lipinski definition) is 8. The van der Waals surface area contributed by atoms with Crippen molar-refractivity contribution in [2.45, 2.75) is 36.0 Å². The second-order valence-electron chi connectivity index (χ2n) is 7.57. The van der Waals surface area contributed by atoms with Crippen molar-refractivity contribution in [3.8, 4) is 0 Å². The van der Waals surface area contributed by atoms with Crippen LogP contribution in [0, 0.1) is 5.92 Å². The molecule has 0 spiro atoms. The molecule has 2 aliphatic rings. The lowest BCUT2D eigenvalue weighted by Crippen LogP contribution is -2.61. The number of amides is 1. The van der Waals surface area contributed by atoms with Crippen molar-refractivity contribution in [2.75, 3.05) is 6.26 Å². The van der Waals surface area contributed by atoms with Gasteiger partial charge in [0.25, 0.3) is 0 Å². The molecule has 4 heterocycles. The van der Waals surface area contributed by atoms with Crippen LogP contribution in [0.1, 0.15) is 18.2 Å². The Hall–Kier alpha value is -2.34. The van der Waals surface area contributed by atoms with Gasteiger partial charge < -0.3 is 19.7 Å². The number of carbonyl (C=O) groups is 2. The van der Waals surface area contributed by atoms with Crippen molar-refractivity contribution >= 4 is 54.5 Å². The van der Waals surface area contributed by atoms with Gasteiger partial charge in [0.1, 0.15) is 11.9 Å². The molecule has 2 aliphatic heterocycles. The first-order chi connectivity index (χ1) is 15.5. The van der Waals surface area contributed by atoms with E-state index in [-0.39, 0.29) is 17.6 Å². The molecule has 0 saturated carbocycles. The molecule has 0 aliphatic carbocycles. The van der Waals surface area contributed by atoms with E-state index in [9.17, 15) is 37.2 Å². The second-order valence-corrected chi connectivity index (χ2v) is 11.3. The summed E-state index contributed by atoms with van der Waals surface area (Å²) in [4.78, 5) is 26.9. The van der Waals surface area contributed by atoms with Crippen LogP contribution in [0.5, 0.6) is 0 Å². The molecule has 11 nitrogen and oxygen atoms in total. The van der Waals surface area contributed by atoms with Gasteiger partial charge in [0.15, 0.2) is 10.1 Å². The predicted molar refractivity (Wildman–Crippen MR) is 110 cm³/mol. The van der Waals surface area contributed by atoms with Crippen molar-refractivity contribution in [1.29, 1.82) is 0 Å². The zero-order chi connectivity index (χ0) is 25.9. The normalized spacial score (nSPS) is 22.2. The zero-order valence-electron chi connectivity index (χ0n) is 17.6. The third-order valence-electron chi connectivity index (χ3n) is 5.28. The number of halogens is 3. The number of nitrogens with zero attached hydrogens (tertiary/aromatic N) is 3. The third kappa shape index (κ3) is 4.37. The van der Waals surface area contributed by atoms with E-state index in [1.165, 1.54) is 16.2 Å². The van der Waals surface area contributed by atoms with Gasteiger partial charge in [-0.2, -0.15) is 17.6 Å². The van der Waals surface area contributed by atoms with Gasteiger partial charge in [-0.15, -0.1) is 0 Å². The van der Waals surface area contributed by atoms with E-state index in [2.05, 4.69) is 0 Å². The van der Waals surface area contributed by atoms with Gasteiger partial charge in [-0.25, -0.2) is 17.8 Å². The number of thiazole rings is 1. The van der Waals surface area contributed by atoms with Crippen molar-refractivity contribution < 1.29 is 54.6 Å². The number of alkyl halides is 3. The van der Waals surface area contributed by atoms with Crippen molar-refractivity contribution in [3.05, 3.63) is 23.1 Å². The van der Waals surface area contributed by atoms with Crippen LogP contribution in [0.3, 0.4) is 0 Å². The molecule has 188 valence electrons. The summed E-state index contributed by atoms with van der Waals surface area (Å²) in [6.45, 7) is 1.55. The van der Waals surface area contributed by atoms with Crippen LogP contribution in [0.15, 0.2) is 23.2 Å². The average Bonchev–Trinajstić information content (AvgIpc) is 3.27. The van der Waals surface area contributed by atoms with Crippen LogP contribution < -0.4 is 4.40 Å². The van der Waals surface area contributed by atoms with Crippen LogP contribution in [-0.2, 0) is 37.6 Å². The third-order valence-corrected chi connectivity index (χ3v) is 8.17. The number of imidazole rings is 1. The van der Waals surface area contributed by atoms with E-state index in [1.54, 1.807) is 24.1 Å². The molecule has 34 heavy (non-hydrogen) atoms. The first-order valence-electron chi connectivity index (χ1n) is 9.31.